The smallest absolute Gasteiger partial charge is 0.409 e. The van der Waals surface area contributed by atoms with Gasteiger partial charge in [0.1, 0.15) is 11.7 Å². The van der Waals surface area contributed by atoms with E-state index >= 15 is 0 Å². The molecule has 0 spiro atoms. The lowest BCUT2D eigenvalue weighted by molar-refractivity contribution is -0.127. The van der Waals surface area contributed by atoms with Gasteiger partial charge in [-0.25, -0.2) is 4.79 Å². The van der Waals surface area contributed by atoms with Crippen molar-refractivity contribution in [1.82, 2.24) is 25.3 Å². The maximum atomic E-state index is 14.2. The standard InChI is InChI=1S/C35H48N6O5/c1-33(13-7-14-33)21-36-31(44)35(17-19-41(22-35)32(45)46-4)24-10-6-11-25(20-24)38-30(43)28(39-29(42)26-12-18-37-40(26)3)27(23-8-5-9-23)34(2)15-16-34/h6,10-12,18,20,23,27-28H,5,7-9,13-17,19,21-22H2,1-4H3,(H,36,44)(H,38,43)(H,39,42)/t27?,28-,35?/m0/s1. The van der Waals surface area contributed by atoms with E-state index in [1.165, 1.54) is 18.2 Å². The normalized spacial score (nSPS) is 24.1. The Morgan fingerprint density at radius 1 is 1.04 bits per heavy atom. The van der Waals surface area contributed by atoms with Gasteiger partial charge in [-0.15, -0.1) is 0 Å². The number of carbonyl (C=O) groups is 4. The van der Waals surface area contributed by atoms with Gasteiger partial charge in [-0.1, -0.05) is 51.7 Å². The molecule has 0 radical (unpaired) electrons. The predicted octanol–water partition coefficient (Wildman–Crippen LogP) is 4.39. The minimum Gasteiger partial charge on any atom is -0.453 e. The Hall–Kier alpha value is -3.89. The molecule has 4 amide bonds. The monoisotopic (exact) mass is 632 g/mol. The van der Waals surface area contributed by atoms with Crippen molar-refractivity contribution >= 4 is 29.5 Å². The number of nitrogens with one attached hydrogen (secondary N) is 3. The lowest BCUT2D eigenvalue weighted by Crippen LogP contribution is -2.54. The van der Waals surface area contributed by atoms with Crippen molar-refractivity contribution in [2.45, 2.75) is 83.1 Å². The van der Waals surface area contributed by atoms with E-state index in [0.717, 1.165) is 50.5 Å². The molecule has 2 heterocycles. The summed E-state index contributed by atoms with van der Waals surface area (Å²) in [5.74, 6) is -0.337. The zero-order chi connectivity index (χ0) is 32.7. The van der Waals surface area contributed by atoms with Crippen LogP contribution in [-0.2, 0) is 26.8 Å². The van der Waals surface area contributed by atoms with Crippen LogP contribution < -0.4 is 16.0 Å². The highest BCUT2D eigenvalue weighted by molar-refractivity contribution is 6.01. The molecular formula is C35H48N6O5. The molecule has 1 aromatic heterocycles. The lowest BCUT2D eigenvalue weighted by Gasteiger charge is -2.42. The molecule has 11 heteroatoms. The van der Waals surface area contributed by atoms with Gasteiger partial charge in [0, 0.05) is 38.6 Å². The third-order valence-corrected chi connectivity index (χ3v) is 11.5. The molecule has 1 saturated heterocycles. The SMILES string of the molecule is COC(=O)N1CCC(C(=O)NCC2(C)CCC2)(c2cccc(NC(=O)[C@@H](NC(=O)c3ccnn3C)C(C3CCC3)C3(C)CC3)c2)C1. The van der Waals surface area contributed by atoms with E-state index in [1.807, 2.05) is 24.3 Å². The molecular weight excluding hydrogens is 584 g/mol. The number of ether oxygens (including phenoxy) is 1. The summed E-state index contributed by atoms with van der Waals surface area (Å²) in [5, 5.41) is 13.6. The molecule has 3 N–H and O–H groups in total. The number of benzene rings is 1. The summed E-state index contributed by atoms with van der Waals surface area (Å²) in [7, 11) is 3.06. The van der Waals surface area contributed by atoms with Gasteiger partial charge >= 0.3 is 6.09 Å². The number of aryl methyl sites for hydroxylation is 1. The number of rotatable bonds is 11. The fourth-order valence-corrected chi connectivity index (χ4v) is 7.88. The van der Waals surface area contributed by atoms with Crippen LogP contribution in [0.3, 0.4) is 0 Å². The van der Waals surface area contributed by atoms with Crippen molar-refractivity contribution < 1.29 is 23.9 Å². The van der Waals surface area contributed by atoms with Crippen LogP contribution in [0.4, 0.5) is 10.5 Å². The molecule has 3 aliphatic carbocycles. The third-order valence-electron chi connectivity index (χ3n) is 11.5. The number of nitrogens with zero attached hydrogens (tertiary/aromatic N) is 3. The van der Waals surface area contributed by atoms with Gasteiger partial charge in [0.25, 0.3) is 5.91 Å². The van der Waals surface area contributed by atoms with Crippen LogP contribution in [-0.4, -0.2) is 71.3 Å². The number of anilines is 1. The highest BCUT2D eigenvalue weighted by Crippen LogP contribution is 2.58. The predicted molar refractivity (Wildman–Crippen MR) is 173 cm³/mol. The first-order chi connectivity index (χ1) is 22.0. The minimum atomic E-state index is -0.988. The van der Waals surface area contributed by atoms with Crippen molar-refractivity contribution in [2.75, 3.05) is 32.1 Å². The van der Waals surface area contributed by atoms with Crippen molar-refractivity contribution in [3.05, 3.63) is 47.8 Å². The second-order valence-electron chi connectivity index (χ2n) is 14.8. The minimum absolute atomic E-state index is 0.00486. The van der Waals surface area contributed by atoms with E-state index in [4.69, 9.17) is 4.74 Å². The molecule has 4 aliphatic rings. The average molecular weight is 633 g/mol. The Kier molecular flexibility index (Phi) is 8.63. The molecule has 2 aromatic rings. The van der Waals surface area contributed by atoms with Gasteiger partial charge in [0.2, 0.25) is 11.8 Å². The fraction of sp³-hybridized carbons (Fsp3) is 0.629. The van der Waals surface area contributed by atoms with Gasteiger partial charge in [-0.2, -0.15) is 5.10 Å². The molecule has 0 bridgehead atoms. The first kappa shape index (κ1) is 32.1. The lowest BCUT2D eigenvalue weighted by atomic mass is 9.66. The quantitative estimate of drug-likeness (QED) is 0.337. The van der Waals surface area contributed by atoms with Crippen molar-refractivity contribution in [2.24, 2.45) is 29.7 Å². The number of amides is 4. The summed E-state index contributed by atoms with van der Waals surface area (Å²) < 4.78 is 6.51. The molecule has 1 aromatic carbocycles. The molecule has 46 heavy (non-hydrogen) atoms. The summed E-state index contributed by atoms with van der Waals surface area (Å²) in [6.45, 7) is 5.58. The second kappa shape index (κ2) is 12.4. The zero-order valence-corrected chi connectivity index (χ0v) is 27.6. The molecule has 3 saturated carbocycles. The van der Waals surface area contributed by atoms with Gasteiger partial charge in [0.15, 0.2) is 0 Å². The van der Waals surface area contributed by atoms with Crippen LogP contribution in [0.1, 0.15) is 87.7 Å². The van der Waals surface area contributed by atoms with E-state index in [9.17, 15) is 19.2 Å². The third kappa shape index (κ3) is 6.12. The Morgan fingerprint density at radius 2 is 1.80 bits per heavy atom. The molecule has 2 unspecified atom stereocenters. The topological polar surface area (TPSA) is 135 Å². The zero-order valence-electron chi connectivity index (χ0n) is 27.6. The molecule has 1 aliphatic heterocycles. The summed E-state index contributed by atoms with van der Waals surface area (Å²) >= 11 is 0. The Morgan fingerprint density at radius 3 is 2.39 bits per heavy atom. The molecule has 11 nitrogen and oxygen atoms in total. The van der Waals surface area contributed by atoms with Crippen molar-refractivity contribution in [1.29, 1.82) is 0 Å². The highest BCUT2D eigenvalue weighted by Gasteiger charge is 2.54. The van der Waals surface area contributed by atoms with Crippen LogP contribution in [0.25, 0.3) is 0 Å². The number of likely N-dealkylation sites (tertiary alicyclic amines) is 1. The average Bonchev–Trinajstić information content (AvgIpc) is 3.37. The van der Waals surface area contributed by atoms with Crippen LogP contribution in [0, 0.1) is 22.7 Å². The van der Waals surface area contributed by atoms with Crippen LogP contribution in [0.5, 0.6) is 0 Å². The van der Waals surface area contributed by atoms with Crippen LogP contribution >= 0.6 is 0 Å². The Labute approximate surface area is 271 Å². The molecule has 248 valence electrons. The number of methoxy groups -OCH3 is 1. The van der Waals surface area contributed by atoms with E-state index in [1.54, 1.807) is 24.2 Å². The fourth-order valence-electron chi connectivity index (χ4n) is 7.88. The van der Waals surface area contributed by atoms with Crippen LogP contribution in [0.15, 0.2) is 36.5 Å². The maximum Gasteiger partial charge on any atom is 0.409 e. The van der Waals surface area contributed by atoms with Gasteiger partial charge in [0.05, 0.1) is 12.5 Å². The first-order valence-electron chi connectivity index (χ1n) is 16.8. The van der Waals surface area contributed by atoms with E-state index in [-0.39, 0.29) is 41.0 Å². The number of carbonyl (C=O) groups excluding carboxylic acids is 4. The summed E-state index contributed by atoms with van der Waals surface area (Å²) in [4.78, 5) is 55.8. The van der Waals surface area contributed by atoms with Crippen molar-refractivity contribution in [3.8, 4) is 0 Å². The Balaban J connectivity index is 1.27. The first-order valence-corrected chi connectivity index (χ1v) is 16.8. The van der Waals surface area contributed by atoms with Gasteiger partial charge in [-0.05, 0) is 78.5 Å². The van der Waals surface area contributed by atoms with Gasteiger partial charge in [-0.3, -0.25) is 19.1 Å². The van der Waals surface area contributed by atoms with Crippen LogP contribution in [0.2, 0.25) is 0 Å². The summed E-state index contributed by atoms with van der Waals surface area (Å²) in [6, 6.07) is 8.31. The number of aromatic nitrogens is 2. The summed E-state index contributed by atoms with van der Waals surface area (Å²) in [6.07, 6.45) is 10.2. The Bertz CT molecular complexity index is 1490. The summed E-state index contributed by atoms with van der Waals surface area (Å²) in [5.41, 5.74) is 0.775. The maximum absolute atomic E-state index is 14.2. The van der Waals surface area contributed by atoms with Gasteiger partial charge < -0.3 is 25.6 Å². The van der Waals surface area contributed by atoms with E-state index in [0.29, 0.717) is 36.8 Å². The second-order valence-corrected chi connectivity index (χ2v) is 14.8. The largest absolute Gasteiger partial charge is 0.453 e. The molecule has 4 fully saturated rings. The molecule has 3 atom stereocenters. The molecule has 6 rings (SSSR count). The van der Waals surface area contributed by atoms with E-state index in [2.05, 4.69) is 34.9 Å². The van der Waals surface area contributed by atoms with Crippen molar-refractivity contribution in [3.63, 3.8) is 0 Å². The highest BCUT2D eigenvalue weighted by atomic mass is 16.5. The van der Waals surface area contributed by atoms with E-state index < -0.39 is 17.6 Å². The number of hydrogen-bond acceptors (Lipinski definition) is 6. The number of hydrogen-bond donors (Lipinski definition) is 3.